The summed E-state index contributed by atoms with van der Waals surface area (Å²) >= 11 is 5.83. The molecule has 2 aromatic rings. The molecule has 0 nitrogen and oxygen atoms in total. The van der Waals surface area contributed by atoms with Crippen molar-refractivity contribution in [2.75, 3.05) is 0 Å². The monoisotopic (exact) mass is 327 g/mol. The highest BCUT2D eigenvalue weighted by Crippen LogP contribution is 2.56. The lowest BCUT2D eigenvalue weighted by Crippen LogP contribution is -2.10. The fourth-order valence-electron chi connectivity index (χ4n) is 2.38. The Morgan fingerprint density at radius 1 is 1.16 bits per heavy atom. The van der Waals surface area contributed by atoms with Gasteiger partial charge in [-0.3, -0.25) is 0 Å². The van der Waals surface area contributed by atoms with E-state index >= 15 is 0 Å². The highest BCUT2D eigenvalue weighted by Gasteiger charge is 2.50. The van der Waals surface area contributed by atoms with Gasteiger partial charge in [-0.15, -0.1) is 25.6 Å². The van der Waals surface area contributed by atoms with Crippen LogP contribution in [0.1, 0.15) is 30.1 Å². The van der Waals surface area contributed by atoms with Gasteiger partial charge in [0, 0.05) is 28.5 Å². The Bertz CT molecular complexity index is 600. The summed E-state index contributed by atoms with van der Waals surface area (Å²) in [5.74, 6) is 0.112. The van der Waals surface area contributed by atoms with E-state index in [0.29, 0.717) is 20.0 Å². The van der Waals surface area contributed by atoms with Crippen molar-refractivity contribution in [3.05, 3.63) is 34.2 Å². The number of rotatable bonds is 1. The second kappa shape index (κ2) is 5.15. The van der Waals surface area contributed by atoms with Crippen molar-refractivity contribution in [3.8, 4) is 0 Å². The van der Waals surface area contributed by atoms with Gasteiger partial charge in [0.2, 0.25) is 0 Å². The SMILES string of the molecule is Cl.FC(F)(F)[s+]1c(C2CCC2)cc2ccc(Cl)cc21. The number of hydrogen-bond acceptors (Lipinski definition) is 0. The third kappa shape index (κ3) is 2.58. The molecule has 1 fully saturated rings. The van der Waals surface area contributed by atoms with Crippen molar-refractivity contribution >= 4 is 44.6 Å². The number of halogens is 5. The molecule has 19 heavy (non-hydrogen) atoms. The minimum absolute atomic E-state index is 0. The van der Waals surface area contributed by atoms with Gasteiger partial charge >= 0.3 is 5.51 Å². The van der Waals surface area contributed by atoms with E-state index in [2.05, 4.69) is 0 Å². The van der Waals surface area contributed by atoms with E-state index < -0.39 is 16.0 Å². The summed E-state index contributed by atoms with van der Waals surface area (Å²) in [4.78, 5) is 0.561. The molecule has 0 N–H and O–H groups in total. The Hall–Kier alpha value is -0.450. The molecule has 104 valence electrons. The van der Waals surface area contributed by atoms with Gasteiger partial charge in [-0.2, -0.15) is 0 Å². The first kappa shape index (κ1) is 14.9. The van der Waals surface area contributed by atoms with Crippen LogP contribution >= 0.6 is 34.5 Å². The van der Waals surface area contributed by atoms with Gasteiger partial charge in [0.1, 0.15) is 0 Å². The second-order valence-corrected chi connectivity index (χ2v) is 7.03. The van der Waals surface area contributed by atoms with Gasteiger partial charge in [-0.05, 0) is 25.0 Å². The van der Waals surface area contributed by atoms with Crippen LogP contribution in [0.25, 0.3) is 10.1 Å². The van der Waals surface area contributed by atoms with Crippen LogP contribution in [0.5, 0.6) is 0 Å². The Kier molecular flexibility index (Phi) is 4.05. The summed E-state index contributed by atoms with van der Waals surface area (Å²) in [6.07, 6.45) is 2.80. The average Bonchev–Trinajstić information content (AvgIpc) is 2.51. The zero-order valence-corrected chi connectivity index (χ0v) is 12.2. The molecule has 1 atom stereocenters. The van der Waals surface area contributed by atoms with Crippen molar-refractivity contribution in [1.29, 1.82) is 0 Å². The molecule has 1 heterocycles. The van der Waals surface area contributed by atoms with Crippen LogP contribution < -0.4 is 0 Å². The lowest BCUT2D eigenvalue weighted by atomic mass is 9.84. The summed E-state index contributed by atoms with van der Waals surface area (Å²) in [5, 5.41) is 1.06. The number of hydrogen-bond donors (Lipinski definition) is 0. The van der Waals surface area contributed by atoms with Crippen LogP contribution in [-0.4, -0.2) is 0 Å². The predicted molar refractivity (Wildman–Crippen MR) is 76.6 cm³/mol. The molecule has 1 aromatic carbocycles. The molecule has 1 aliphatic rings. The van der Waals surface area contributed by atoms with Crippen molar-refractivity contribution < 1.29 is 13.2 Å². The third-order valence-electron chi connectivity index (χ3n) is 3.47. The van der Waals surface area contributed by atoms with E-state index in [1.54, 1.807) is 18.2 Å². The highest BCUT2D eigenvalue weighted by molar-refractivity contribution is 7.38. The normalized spacial score (nSPS) is 17.2. The lowest BCUT2D eigenvalue weighted by Gasteiger charge is -2.21. The van der Waals surface area contributed by atoms with Crippen molar-refractivity contribution in [2.24, 2.45) is 0 Å². The first-order valence-corrected chi connectivity index (χ1v) is 7.39. The molecule has 1 saturated carbocycles. The summed E-state index contributed by atoms with van der Waals surface area (Å²) in [5.41, 5.74) is -4.20. The first-order valence-electron chi connectivity index (χ1n) is 5.79. The molecule has 1 aliphatic carbocycles. The van der Waals surface area contributed by atoms with Crippen LogP contribution in [0, 0.1) is 0 Å². The minimum atomic E-state index is -4.20. The quantitative estimate of drug-likeness (QED) is 0.531. The number of fused-ring (bicyclic) bond motifs is 1. The Morgan fingerprint density at radius 3 is 2.37 bits per heavy atom. The lowest BCUT2D eigenvalue weighted by molar-refractivity contribution is -0.0868. The Balaban J connectivity index is 0.00000133. The van der Waals surface area contributed by atoms with Gasteiger partial charge in [-0.1, -0.05) is 18.0 Å². The third-order valence-corrected chi connectivity index (χ3v) is 5.88. The zero-order valence-electron chi connectivity index (χ0n) is 9.84. The maximum Gasteiger partial charge on any atom is 0.600 e. The van der Waals surface area contributed by atoms with E-state index in [1.165, 1.54) is 6.07 Å². The fourth-order valence-corrected chi connectivity index (χ4v) is 4.81. The minimum Gasteiger partial charge on any atom is -0.147 e. The molecule has 6 heteroatoms. The molecule has 0 spiro atoms. The summed E-state index contributed by atoms with van der Waals surface area (Å²) in [6, 6.07) is 6.54. The zero-order chi connectivity index (χ0) is 12.9. The van der Waals surface area contributed by atoms with Crippen LogP contribution in [-0.2, 0) is 5.51 Å². The summed E-state index contributed by atoms with van der Waals surface area (Å²) in [6.45, 7) is 0. The second-order valence-electron chi connectivity index (χ2n) is 4.61. The fraction of sp³-hybridized carbons (Fsp3) is 0.385. The molecular weight excluding hydrogens is 316 g/mol. The van der Waals surface area contributed by atoms with E-state index in [4.69, 9.17) is 11.6 Å². The van der Waals surface area contributed by atoms with Crippen molar-refractivity contribution in [3.63, 3.8) is 0 Å². The van der Waals surface area contributed by atoms with E-state index in [1.807, 2.05) is 0 Å². The molecular formula is C13H12Cl2F3S+. The van der Waals surface area contributed by atoms with Crippen molar-refractivity contribution in [1.82, 2.24) is 0 Å². The number of benzene rings is 1. The first-order chi connectivity index (χ1) is 8.47. The van der Waals surface area contributed by atoms with Crippen LogP contribution in [0.4, 0.5) is 13.2 Å². The van der Waals surface area contributed by atoms with E-state index in [9.17, 15) is 13.2 Å². The topological polar surface area (TPSA) is 0 Å². The highest BCUT2D eigenvalue weighted by atomic mass is 35.5. The van der Waals surface area contributed by atoms with Gasteiger partial charge < -0.3 is 0 Å². The van der Waals surface area contributed by atoms with Gasteiger partial charge in [0.15, 0.2) is 9.58 Å². The van der Waals surface area contributed by atoms with Crippen LogP contribution in [0.2, 0.25) is 5.02 Å². The summed E-state index contributed by atoms with van der Waals surface area (Å²) in [7, 11) is -1.77. The molecule has 1 unspecified atom stereocenters. The molecule has 3 rings (SSSR count). The van der Waals surface area contributed by atoms with E-state index in [0.717, 1.165) is 19.3 Å². The molecule has 0 aliphatic heterocycles. The smallest absolute Gasteiger partial charge is 0.147 e. The molecule has 0 saturated heterocycles. The van der Waals surface area contributed by atoms with Gasteiger partial charge in [-0.25, -0.2) is 0 Å². The molecule has 0 amide bonds. The standard InChI is InChI=1S/C13H11ClF3S.ClH/c14-10-5-4-9-6-11(8-2-1-3-8)18(12(9)7-10)13(15,16)17;/h4-8H,1-3H2;1H/q+1;. The largest absolute Gasteiger partial charge is 0.600 e. The predicted octanol–water partition coefficient (Wildman–Crippen LogP) is 6.41. The van der Waals surface area contributed by atoms with Gasteiger partial charge in [0.05, 0.1) is 10.5 Å². The molecule has 1 aromatic heterocycles. The maximum absolute atomic E-state index is 13.3. The number of thiophene rings is 1. The van der Waals surface area contributed by atoms with E-state index in [-0.39, 0.29) is 18.3 Å². The van der Waals surface area contributed by atoms with Gasteiger partial charge in [0.25, 0.3) is 0 Å². The Morgan fingerprint density at radius 2 is 1.84 bits per heavy atom. The van der Waals surface area contributed by atoms with Crippen molar-refractivity contribution in [2.45, 2.75) is 30.7 Å². The molecule has 0 radical (unpaired) electrons. The molecule has 0 bridgehead atoms. The van der Waals surface area contributed by atoms with Crippen LogP contribution in [0.15, 0.2) is 24.3 Å². The maximum atomic E-state index is 13.3. The van der Waals surface area contributed by atoms with Crippen LogP contribution in [0.3, 0.4) is 0 Å². The number of alkyl halides is 3. The summed E-state index contributed by atoms with van der Waals surface area (Å²) < 4.78 is 40.2. The average molecular weight is 328 g/mol. The Labute approximate surface area is 122 Å².